The van der Waals surface area contributed by atoms with Crippen molar-refractivity contribution in [2.45, 2.75) is 39.8 Å². The summed E-state index contributed by atoms with van der Waals surface area (Å²) in [6.45, 7) is 6.55. The molecule has 2 aromatic rings. The van der Waals surface area contributed by atoms with Crippen LogP contribution < -0.4 is 10.1 Å². The van der Waals surface area contributed by atoms with E-state index in [0.717, 1.165) is 43.2 Å². The lowest BCUT2D eigenvalue weighted by Gasteiger charge is -2.05. The van der Waals surface area contributed by atoms with Gasteiger partial charge in [0.2, 0.25) is 0 Å². The van der Waals surface area contributed by atoms with Crippen LogP contribution >= 0.6 is 0 Å². The highest BCUT2D eigenvalue weighted by Gasteiger charge is 2.03. The van der Waals surface area contributed by atoms with Crippen LogP contribution in [0, 0.1) is 0 Å². The summed E-state index contributed by atoms with van der Waals surface area (Å²) >= 11 is 0. The number of ether oxygens (including phenoxy) is 1. The maximum Gasteiger partial charge on any atom is 0.146 e. The molecule has 0 radical (unpaired) electrons. The maximum absolute atomic E-state index is 5.76. The van der Waals surface area contributed by atoms with Crippen LogP contribution in [0.2, 0.25) is 0 Å². The summed E-state index contributed by atoms with van der Waals surface area (Å²) in [4.78, 5) is 0. The maximum atomic E-state index is 5.76. The fraction of sp³-hybridized carbons (Fsp3) is 0.412. The monoisotopic (exact) mass is 273 g/mol. The number of hydrogen-bond donors (Lipinski definition) is 1. The Bertz CT molecular complexity index is 519. The summed E-state index contributed by atoms with van der Waals surface area (Å²) in [7, 11) is 0. The van der Waals surface area contributed by atoms with E-state index in [9.17, 15) is 0 Å². The molecule has 108 valence electrons. The third kappa shape index (κ3) is 4.42. The molecule has 0 amide bonds. The fourth-order valence-electron chi connectivity index (χ4n) is 1.99. The highest BCUT2D eigenvalue weighted by Crippen LogP contribution is 2.16. The highest BCUT2D eigenvalue weighted by atomic mass is 16.5. The Morgan fingerprint density at radius 2 is 1.95 bits per heavy atom. The molecule has 0 bridgehead atoms. The van der Waals surface area contributed by atoms with Crippen molar-refractivity contribution in [1.29, 1.82) is 0 Å². The van der Waals surface area contributed by atoms with Crippen molar-refractivity contribution in [3.05, 3.63) is 53.5 Å². The standard InChI is InChI=1S/C17H23NO2/c1-3-10-18-12-16-8-9-17(20-16)13-19-15-7-5-6-14(4-2)11-15/h5-9,11,18H,3-4,10,12-13H2,1-2H3. The summed E-state index contributed by atoms with van der Waals surface area (Å²) in [5.41, 5.74) is 1.28. The zero-order valence-corrected chi connectivity index (χ0v) is 12.3. The first kappa shape index (κ1) is 14.7. The van der Waals surface area contributed by atoms with E-state index < -0.39 is 0 Å². The van der Waals surface area contributed by atoms with Crippen molar-refractivity contribution in [2.24, 2.45) is 0 Å². The van der Waals surface area contributed by atoms with Gasteiger partial charge in [-0.3, -0.25) is 0 Å². The minimum absolute atomic E-state index is 0.473. The predicted molar refractivity (Wildman–Crippen MR) is 80.9 cm³/mol. The lowest BCUT2D eigenvalue weighted by atomic mass is 10.2. The van der Waals surface area contributed by atoms with Crippen LogP contribution in [0.4, 0.5) is 0 Å². The van der Waals surface area contributed by atoms with Gasteiger partial charge in [-0.05, 0) is 49.2 Å². The molecule has 0 saturated carbocycles. The van der Waals surface area contributed by atoms with Gasteiger partial charge in [0, 0.05) is 0 Å². The quantitative estimate of drug-likeness (QED) is 0.740. The molecule has 0 fully saturated rings. The average Bonchev–Trinajstić information content (AvgIpc) is 2.94. The van der Waals surface area contributed by atoms with E-state index in [4.69, 9.17) is 9.15 Å². The minimum atomic E-state index is 0.473. The lowest BCUT2D eigenvalue weighted by molar-refractivity contribution is 0.265. The van der Waals surface area contributed by atoms with Gasteiger partial charge in [0.05, 0.1) is 6.54 Å². The fourth-order valence-corrected chi connectivity index (χ4v) is 1.99. The molecule has 0 unspecified atom stereocenters. The molecule has 0 spiro atoms. The third-order valence-electron chi connectivity index (χ3n) is 3.13. The first-order valence-corrected chi connectivity index (χ1v) is 7.32. The Balaban J connectivity index is 1.84. The van der Waals surface area contributed by atoms with Gasteiger partial charge in [0.25, 0.3) is 0 Å². The molecule has 2 rings (SSSR count). The van der Waals surface area contributed by atoms with Crippen molar-refractivity contribution in [1.82, 2.24) is 5.32 Å². The molecule has 3 heteroatoms. The van der Waals surface area contributed by atoms with E-state index >= 15 is 0 Å². The average molecular weight is 273 g/mol. The van der Waals surface area contributed by atoms with E-state index in [0.29, 0.717) is 6.61 Å². The molecule has 0 aliphatic carbocycles. The molecular weight excluding hydrogens is 250 g/mol. The molecule has 0 saturated heterocycles. The Morgan fingerprint density at radius 3 is 2.75 bits per heavy atom. The smallest absolute Gasteiger partial charge is 0.146 e. The Kier molecular flexibility index (Phi) is 5.69. The van der Waals surface area contributed by atoms with Crippen molar-refractivity contribution < 1.29 is 9.15 Å². The van der Waals surface area contributed by atoms with Gasteiger partial charge in [0.1, 0.15) is 23.9 Å². The van der Waals surface area contributed by atoms with Gasteiger partial charge in [-0.25, -0.2) is 0 Å². The summed E-state index contributed by atoms with van der Waals surface area (Å²) in [5.74, 6) is 2.71. The van der Waals surface area contributed by atoms with Crippen LogP contribution in [0.1, 0.15) is 37.4 Å². The van der Waals surface area contributed by atoms with Crippen LogP contribution in [-0.2, 0) is 19.6 Å². The predicted octanol–water partition coefficient (Wildman–Crippen LogP) is 3.92. The van der Waals surface area contributed by atoms with Gasteiger partial charge in [0.15, 0.2) is 0 Å². The molecule has 1 heterocycles. The SMILES string of the molecule is CCCNCc1ccc(COc2cccc(CC)c2)o1. The number of rotatable bonds is 8. The molecule has 1 N–H and O–H groups in total. The van der Waals surface area contributed by atoms with Crippen LogP contribution in [0.5, 0.6) is 5.75 Å². The van der Waals surface area contributed by atoms with E-state index in [1.165, 1.54) is 5.56 Å². The van der Waals surface area contributed by atoms with E-state index in [2.05, 4.69) is 31.3 Å². The largest absolute Gasteiger partial charge is 0.486 e. The van der Waals surface area contributed by atoms with E-state index in [-0.39, 0.29) is 0 Å². The molecule has 3 nitrogen and oxygen atoms in total. The Hall–Kier alpha value is -1.74. The van der Waals surface area contributed by atoms with Gasteiger partial charge in [-0.15, -0.1) is 0 Å². The van der Waals surface area contributed by atoms with Gasteiger partial charge < -0.3 is 14.5 Å². The minimum Gasteiger partial charge on any atom is -0.486 e. The Labute approximate surface area is 121 Å². The number of hydrogen-bond acceptors (Lipinski definition) is 3. The number of aryl methyl sites for hydroxylation is 1. The van der Waals surface area contributed by atoms with Crippen LogP contribution in [0.3, 0.4) is 0 Å². The third-order valence-corrected chi connectivity index (χ3v) is 3.13. The zero-order chi connectivity index (χ0) is 14.2. The first-order valence-electron chi connectivity index (χ1n) is 7.32. The summed E-state index contributed by atoms with van der Waals surface area (Å²) in [6, 6.07) is 12.2. The first-order chi connectivity index (χ1) is 9.81. The lowest BCUT2D eigenvalue weighted by Crippen LogP contribution is -2.13. The number of benzene rings is 1. The molecule has 1 aromatic carbocycles. The van der Waals surface area contributed by atoms with Crippen molar-refractivity contribution >= 4 is 0 Å². The van der Waals surface area contributed by atoms with Crippen molar-refractivity contribution in [2.75, 3.05) is 6.54 Å². The van der Waals surface area contributed by atoms with E-state index in [1.54, 1.807) is 0 Å². The topological polar surface area (TPSA) is 34.4 Å². The van der Waals surface area contributed by atoms with Crippen molar-refractivity contribution in [3.63, 3.8) is 0 Å². The summed E-state index contributed by atoms with van der Waals surface area (Å²) in [6.07, 6.45) is 2.15. The molecular formula is C17H23NO2. The highest BCUT2D eigenvalue weighted by molar-refractivity contribution is 5.28. The van der Waals surface area contributed by atoms with Crippen molar-refractivity contribution in [3.8, 4) is 5.75 Å². The molecule has 20 heavy (non-hydrogen) atoms. The normalized spacial score (nSPS) is 10.7. The second-order valence-corrected chi connectivity index (χ2v) is 4.83. The molecule has 1 aromatic heterocycles. The second-order valence-electron chi connectivity index (χ2n) is 4.83. The molecule has 0 aliphatic rings. The van der Waals surface area contributed by atoms with E-state index in [1.807, 2.05) is 24.3 Å². The van der Waals surface area contributed by atoms with Gasteiger partial charge >= 0.3 is 0 Å². The summed E-state index contributed by atoms with van der Waals surface area (Å²) in [5, 5.41) is 3.32. The number of nitrogens with one attached hydrogen (secondary N) is 1. The van der Waals surface area contributed by atoms with Crippen LogP contribution in [0.15, 0.2) is 40.8 Å². The molecule has 0 atom stereocenters. The molecule has 0 aliphatic heterocycles. The van der Waals surface area contributed by atoms with Crippen LogP contribution in [-0.4, -0.2) is 6.54 Å². The van der Waals surface area contributed by atoms with Crippen LogP contribution in [0.25, 0.3) is 0 Å². The van der Waals surface area contributed by atoms with Gasteiger partial charge in [-0.2, -0.15) is 0 Å². The zero-order valence-electron chi connectivity index (χ0n) is 12.3. The second kappa shape index (κ2) is 7.75. The van der Waals surface area contributed by atoms with Gasteiger partial charge in [-0.1, -0.05) is 26.0 Å². The number of furan rings is 1. The summed E-state index contributed by atoms with van der Waals surface area (Å²) < 4.78 is 11.5. The Morgan fingerprint density at radius 1 is 1.10 bits per heavy atom.